The fourth-order valence-electron chi connectivity index (χ4n) is 1.28. The van der Waals surface area contributed by atoms with E-state index >= 15 is 0 Å². The SMILES string of the molecule is C/N=C/C(=CN(C)C)CNc1ccccn1.CCl. The van der Waals surface area contributed by atoms with Crippen molar-refractivity contribution in [1.82, 2.24) is 9.88 Å². The van der Waals surface area contributed by atoms with Gasteiger partial charge in [-0.1, -0.05) is 6.07 Å². The van der Waals surface area contributed by atoms with Crippen molar-refractivity contribution < 1.29 is 0 Å². The number of hydrogen-bond donors (Lipinski definition) is 1. The summed E-state index contributed by atoms with van der Waals surface area (Å²) >= 11 is 4.64. The minimum Gasteiger partial charge on any atom is -0.383 e. The Hall–Kier alpha value is -1.55. The second-order valence-electron chi connectivity index (χ2n) is 3.62. The summed E-state index contributed by atoms with van der Waals surface area (Å²) in [7, 11) is 5.75. The third-order valence-corrected chi connectivity index (χ3v) is 1.86. The van der Waals surface area contributed by atoms with Crippen LogP contribution in [-0.4, -0.2) is 50.2 Å². The second-order valence-corrected chi connectivity index (χ2v) is 3.62. The Kier molecular flexibility index (Phi) is 9.68. The maximum Gasteiger partial charge on any atom is 0.126 e. The highest BCUT2D eigenvalue weighted by Gasteiger charge is 1.95. The van der Waals surface area contributed by atoms with Crippen molar-refractivity contribution in [1.29, 1.82) is 0 Å². The van der Waals surface area contributed by atoms with Crippen molar-refractivity contribution in [2.45, 2.75) is 0 Å². The van der Waals surface area contributed by atoms with E-state index in [2.05, 4.69) is 26.9 Å². The topological polar surface area (TPSA) is 40.5 Å². The smallest absolute Gasteiger partial charge is 0.126 e. The number of nitrogens with zero attached hydrogens (tertiary/aromatic N) is 3. The summed E-state index contributed by atoms with van der Waals surface area (Å²) < 4.78 is 0. The van der Waals surface area contributed by atoms with Crippen LogP contribution in [0.4, 0.5) is 5.82 Å². The first-order valence-electron chi connectivity index (χ1n) is 5.54. The molecule has 0 spiro atoms. The third kappa shape index (κ3) is 7.68. The highest BCUT2D eigenvalue weighted by Crippen LogP contribution is 2.01. The van der Waals surface area contributed by atoms with E-state index in [1.165, 1.54) is 6.38 Å². The van der Waals surface area contributed by atoms with E-state index in [4.69, 9.17) is 0 Å². The lowest BCUT2D eigenvalue weighted by molar-refractivity contribution is 0.560. The molecule has 1 heterocycles. The van der Waals surface area contributed by atoms with Crippen LogP contribution in [0.3, 0.4) is 0 Å². The standard InChI is InChI=1S/C12H18N4.CH3Cl/c1-13-8-11(10-16(2)3)9-15-12-6-4-5-7-14-12;1-2/h4-8,10H,9H2,1-3H3,(H,14,15);1H3/b11-10?,13-8+;. The van der Waals surface area contributed by atoms with Gasteiger partial charge in [0.1, 0.15) is 5.82 Å². The zero-order valence-corrected chi connectivity index (χ0v) is 12.1. The Morgan fingerprint density at radius 3 is 2.67 bits per heavy atom. The molecule has 0 fully saturated rings. The number of halogens is 1. The summed E-state index contributed by atoms with van der Waals surface area (Å²) in [6.07, 6.45) is 7.12. The van der Waals surface area contributed by atoms with E-state index in [1.807, 2.05) is 49.6 Å². The molecule has 1 aromatic heterocycles. The monoisotopic (exact) mass is 268 g/mol. The zero-order valence-electron chi connectivity index (χ0n) is 11.4. The van der Waals surface area contributed by atoms with Crippen molar-refractivity contribution in [3.8, 4) is 0 Å². The van der Waals surface area contributed by atoms with Crippen molar-refractivity contribution in [3.63, 3.8) is 0 Å². The van der Waals surface area contributed by atoms with Crippen LogP contribution < -0.4 is 5.32 Å². The maximum atomic E-state index is 4.64. The molecule has 0 amide bonds. The van der Waals surface area contributed by atoms with Gasteiger partial charge in [-0.15, -0.1) is 11.6 Å². The molecule has 5 heteroatoms. The molecule has 0 aliphatic carbocycles. The lowest BCUT2D eigenvalue weighted by atomic mass is 10.3. The van der Waals surface area contributed by atoms with Gasteiger partial charge in [0.05, 0.1) is 0 Å². The number of pyridine rings is 1. The van der Waals surface area contributed by atoms with Crippen LogP contribution in [0.5, 0.6) is 0 Å². The van der Waals surface area contributed by atoms with E-state index in [1.54, 1.807) is 13.2 Å². The van der Waals surface area contributed by atoms with Gasteiger partial charge in [0.2, 0.25) is 0 Å². The lowest BCUT2D eigenvalue weighted by Gasteiger charge is -2.10. The normalized spacial score (nSPS) is 10.8. The number of rotatable bonds is 5. The van der Waals surface area contributed by atoms with E-state index in [0.717, 1.165) is 11.4 Å². The summed E-state index contributed by atoms with van der Waals surface area (Å²) in [5.74, 6) is 0.872. The first kappa shape index (κ1) is 16.4. The van der Waals surface area contributed by atoms with Crippen LogP contribution in [0.2, 0.25) is 0 Å². The Labute approximate surface area is 114 Å². The fraction of sp³-hybridized carbons (Fsp3) is 0.385. The molecule has 0 saturated carbocycles. The number of anilines is 1. The molecule has 0 unspecified atom stereocenters. The van der Waals surface area contributed by atoms with Gasteiger partial charge in [0.15, 0.2) is 0 Å². The first-order valence-corrected chi connectivity index (χ1v) is 6.30. The highest BCUT2D eigenvalue weighted by molar-refractivity contribution is 6.15. The lowest BCUT2D eigenvalue weighted by Crippen LogP contribution is -2.11. The molecule has 0 aliphatic rings. The predicted molar refractivity (Wildman–Crippen MR) is 80.7 cm³/mol. The molecule has 1 rings (SSSR count). The highest BCUT2D eigenvalue weighted by atomic mass is 35.5. The quantitative estimate of drug-likeness (QED) is 0.659. The Morgan fingerprint density at radius 1 is 1.44 bits per heavy atom. The molecule has 0 saturated heterocycles. The van der Waals surface area contributed by atoms with E-state index < -0.39 is 0 Å². The second kappa shape index (κ2) is 10.6. The van der Waals surface area contributed by atoms with Crippen LogP contribution in [0, 0.1) is 0 Å². The average molecular weight is 269 g/mol. The molecule has 0 radical (unpaired) electrons. The van der Waals surface area contributed by atoms with Crippen molar-refractivity contribution in [3.05, 3.63) is 36.2 Å². The molecule has 1 aromatic rings. The van der Waals surface area contributed by atoms with E-state index in [0.29, 0.717) is 6.54 Å². The molecule has 0 bridgehead atoms. The van der Waals surface area contributed by atoms with Gasteiger partial charge in [0.25, 0.3) is 0 Å². The first-order chi connectivity index (χ1) is 8.72. The zero-order chi connectivity index (χ0) is 13.8. The maximum absolute atomic E-state index is 4.64. The van der Waals surface area contributed by atoms with Gasteiger partial charge >= 0.3 is 0 Å². The number of aromatic nitrogens is 1. The average Bonchev–Trinajstić information content (AvgIpc) is 2.39. The van der Waals surface area contributed by atoms with E-state index in [-0.39, 0.29) is 0 Å². The number of hydrogen-bond acceptors (Lipinski definition) is 4. The molecule has 1 N–H and O–H groups in total. The van der Waals surface area contributed by atoms with Crippen molar-refractivity contribution in [2.24, 2.45) is 4.99 Å². The van der Waals surface area contributed by atoms with Crippen LogP contribution in [0.15, 0.2) is 41.2 Å². The van der Waals surface area contributed by atoms with E-state index in [9.17, 15) is 0 Å². The minimum atomic E-state index is 0.715. The van der Waals surface area contributed by atoms with Crippen molar-refractivity contribution >= 4 is 23.6 Å². The molecule has 0 aromatic carbocycles. The summed E-state index contributed by atoms with van der Waals surface area (Å²) in [5.41, 5.74) is 1.11. The van der Waals surface area contributed by atoms with Gasteiger partial charge in [-0.3, -0.25) is 4.99 Å². The third-order valence-electron chi connectivity index (χ3n) is 1.86. The Morgan fingerprint density at radius 2 is 2.17 bits per heavy atom. The molecular formula is C13H21ClN4. The molecular weight excluding hydrogens is 248 g/mol. The number of alkyl halides is 1. The van der Waals surface area contributed by atoms with Gasteiger partial charge in [-0.2, -0.15) is 0 Å². The summed E-state index contributed by atoms with van der Waals surface area (Å²) in [6.45, 7) is 0.715. The summed E-state index contributed by atoms with van der Waals surface area (Å²) in [5, 5.41) is 3.24. The van der Waals surface area contributed by atoms with Crippen LogP contribution in [0.25, 0.3) is 0 Å². The summed E-state index contributed by atoms with van der Waals surface area (Å²) in [6, 6.07) is 5.80. The van der Waals surface area contributed by atoms with Crippen LogP contribution in [0.1, 0.15) is 0 Å². The molecule has 0 atom stereocenters. The molecule has 100 valence electrons. The van der Waals surface area contributed by atoms with Gasteiger partial charge in [-0.25, -0.2) is 4.98 Å². The largest absolute Gasteiger partial charge is 0.383 e. The minimum absolute atomic E-state index is 0.715. The molecule has 18 heavy (non-hydrogen) atoms. The van der Waals surface area contributed by atoms with Gasteiger partial charge in [0, 0.05) is 58.3 Å². The van der Waals surface area contributed by atoms with Crippen LogP contribution in [-0.2, 0) is 0 Å². The predicted octanol–water partition coefficient (Wildman–Crippen LogP) is 2.49. The van der Waals surface area contributed by atoms with Crippen molar-refractivity contribution in [2.75, 3.05) is 39.4 Å². The fourth-order valence-corrected chi connectivity index (χ4v) is 1.28. The summed E-state index contributed by atoms with van der Waals surface area (Å²) in [4.78, 5) is 10.2. The number of aliphatic imine (C=N–C) groups is 1. The van der Waals surface area contributed by atoms with Crippen LogP contribution >= 0.6 is 11.6 Å². The molecule has 0 aliphatic heterocycles. The van der Waals surface area contributed by atoms with Gasteiger partial charge < -0.3 is 10.2 Å². The number of nitrogens with one attached hydrogen (secondary N) is 1. The van der Waals surface area contributed by atoms with Gasteiger partial charge in [-0.05, 0) is 12.1 Å². The Balaban J connectivity index is 0.00000137. The Bertz CT molecular complexity index is 361. The molecule has 4 nitrogen and oxygen atoms in total.